The molecule has 1 aliphatic heterocycles. The zero-order chi connectivity index (χ0) is 12.1. The molecule has 4 nitrogen and oxygen atoms in total. The highest BCUT2D eigenvalue weighted by Gasteiger charge is 2.15. The van der Waals surface area contributed by atoms with Crippen molar-refractivity contribution in [1.82, 2.24) is 19.8 Å². The summed E-state index contributed by atoms with van der Waals surface area (Å²) in [6.07, 6.45) is 6.54. The molecular weight excluding hydrogens is 212 g/mol. The number of aryl methyl sites for hydroxylation is 1. The summed E-state index contributed by atoms with van der Waals surface area (Å²) < 4.78 is 2.07. The Morgan fingerprint density at radius 2 is 2.41 bits per heavy atom. The minimum absolute atomic E-state index is 0.876. The van der Waals surface area contributed by atoms with Crippen molar-refractivity contribution in [2.24, 2.45) is 13.0 Å². The Balaban J connectivity index is 1.61. The summed E-state index contributed by atoms with van der Waals surface area (Å²) >= 11 is 0. The van der Waals surface area contributed by atoms with Crippen LogP contribution in [-0.4, -0.2) is 40.6 Å². The molecule has 2 rings (SSSR count). The van der Waals surface area contributed by atoms with Crippen LogP contribution >= 0.6 is 0 Å². The van der Waals surface area contributed by atoms with Gasteiger partial charge in [0.1, 0.15) is 0 Å². The number of nitrogens with one attached hydrogen (secondary N) is 1. The van der Waals surface area contributed by atoms with Crippen molar-refractivity contribution in [3.05, 3.63) is 18.2 Å². The predicted molar refractivity (Wildman–Crippen MR) is 69.8 cm³/mol. The molecule has 0 saturated carbocycles. The van der Waals surface area contributed by atoms with E-state index in [0.717, 1.165) is 19.0 Å². The van der Waals surface area contributed by atoms with E-state index in [0.29, 0.717) is 0 Å². The SMILES string of the molecule is CC1CCCN(CCNCc2cncn2C)C1. The maximum atomic E-state index is 4.11. The molecule has 1 N–H and O–H groups in total. The Hall–Kier alpha value is -0.870. The zero-order valence-corrected chi connectivity index (χ0v) is 11.0. The summed E-state index contributed by atoms with van der Waals surface area (Å²) in [7, 11) is 2.04. The van der Waals surface area contributed by atoms with Gasteiger partial charge in [0.25, 0.3) is 0 Å². The van der Waals surface area contributed by atoms with Gasteiger partial charge in [-0.1, -0.05) is 6.92 Å². The van der Waals surface area contributed by atoms with Crippen LogP contribution in [0.25, 0.3) is 0 Å². The van der Waals surface area contributed by atoms with Gasteiger partial charge in [0.15, 0.2) is 0 Å². The van der Waals surface area contributed by atoms with Crippen LogP contribution in [-0.2, 0) is 13.6 Å². The first-order chi connectivity index (χ1) is 8.25. The quantitative estimate of drug-likeness (QED) is 0.781. The van der Waals surface area contributed by atoms with E-state index >= 15 is 0 Å². The molecule has 17 heavy (non-hydrogen) atoms. The molecule has 0 amide bonds. The zero-order valence-electron chi connectivity index (χ0n) is 11.0. The Kier molecular flexibility index (Phi) is 4.57. The molecule has 2 heterocycles. The number of rotatable bonds is 5. The van der Waals surface area contributed by atoms with Crippen LogP contribution in [0.3, 0.4) is 0 Å². The summed E-state index contributed by atoms with van der Waals surface area (Å²) in [6, 6.07) is 0. The molecule has 4 heteroatoms. The maximum absolute atomic E-state index is 4.11. The average molecular weight is 236 g/mol. The van der Waals surface area contributed by atoms with Gasteiger partial charge in [-0.25, -0.2) is 4.98 Å². The Morgan fingerprint density at radius 1 is 1.53 bits per heavy atom. The number of likely N-dealkylation sites (tertiary alicyclic amines) is 1. The van der Waals surface area contributed by atoms with E-state index in [9.17, 15) is 0 Å². The molecule has 1 aromatic heterocycles. The molecule has 1 fully saturated rings. The summed E-state index contributed by atoms with van der Waals surface area (Å²) in [5, 5.41) is 3.49. The molecule has 0 bridgehead atoms. The number of nitrogens with zero attached hydrogens (tertiary/aromatic N) is 3. The fraction of sp³-hybridized carbons (Fsp3) is 0.769. The molecule has 0 aromatic carbocycles. The van der Waals surface area contributed by atoms with Crippen LogP contribution in [0, 0.1) is 5.92 Å². The van der Waals surface area contributed by atoms with Gasteiger partial charge in [-0.3, -0.25) is 0 Å². The predicted octanol–water partition coefficient (Wildman–Crippen LogP) is 1.24. The van der Waals surface area contributed by atoms with Gasteiger partial charge in [-0.2, -0.15) is 0 Å². The lowest BCUT2D eigenvalue weighted by atomic mass is 10.0. The van der Waals surface area contributed by atoms with Crippen LogP contribution in [0.4, 0.5) is 0 Å². The molecule has 0 aliphatic carbocycles. The van der Waals surface area contributed by atoms with Gasteiger partial charge < -0.3 is 14.8 Å². The molecule has 1 unspecified atom stereocenters. The van der Waals surface area contributed by atoms with Crippen LogP contribution in [0.2, 0.25) is 0 Å². The fourth-order valence-corrected chi connectivity index (χ4v) is 2.50. The standard InChI is InChI=1S/C13H24N4/c1-12-4-3-6-17(10-12)7-5-14-8-13-9-15-11-16(13)2/h9,11-12,14H,3-8,10H2,1-2H3. The lowest BCUT2D eigenvalue weighted by molar-refractivity contribution is 0.184. The van der Waals surface area contributed by atoms with E-state index in [2.05, 4.69) is 26.7 Å². The van der Waals surface area contributed by atoms with Crippen molar-refractivity contribution in [1.29, 1.82) is 0 Å². The molecule has 0 radical (unpaired) electrons. The van der Waals surface area contributed by atoms with Gasteiger partial charge in [0, 0.05) is 39.4 Å². The van der Waals surface area contributed by atoms with Crippen molar-refractivity contribution in [3.63, 3.8) is 0 Å². The minimum atomic E-state index is 0.876. The van der Waals surface area contributed by atoms with Crippen LogP contribution in [0.1, 0.15) is 25.5 Å². The second-order valence-corrected chi connectivity index (χ2v) is 5.22. The highest BCUT2D eigenvalue weighted by atomic mass is 15.1. The molecule has 1 aliphatic rings. The first-order valence-corrected chi connectivity index (χ1v) is 6.64. The van der Waals surface area contributed by atoms with Crippen molar-refractivity contribution >= 4 is 0 Å². The Morgan fingerprint density at radius 3 is 3.12 bits per heavy atom. The first kappa shape index (κ1) is 12.6. The van der Waals surface area contributed by atoms with E-state index in [1.807, 2.05) is 19.6 Å². The van der Waals surface area contributed by atoms with Crippen molar-refractivity contribution in [2.45, 2.75) is 26.3 Å². The second kappa shape index (κ2) is 6.17. The molecule has 1 atom stereocenters. The third kappa shape index (κ3) is 3.82. The van der Waals surface area contributed by atoms with E-state index in [1.54, 1.807) is 0 Å². The van der Waals surface area contributed by atoms with E-state index in [-0.39, 0.29) is 0 Å². The van der Waals surface area contributed by atoms with Gasteiger partial charge in [-0.15, -0.1) is 0 Å². The molecule has 0 spiro atoms. The van der Waals surface area contributed by atoms with Crippen LogP contribution < -0.4 is 5.32 Å². The normalized spacial score (nSPS) is 21.9. The summed E-state index contributed by atoms with van der Waals surface area (Å²) in [6.45, 7) is 8.06. The summed E-state index contributed by atoms with van der Waals surface area (Å²) in [5.74, 6) is 0.876. The Bertz CT molecular complexity index is 334. The summed E-state index contributed by atoms with van der Waals surface area (Å²) in [4.78, 5) is 6.69. The molecular formula is C13H24N4. The smallest absolute Gasteiger partial charge is 0.0945 e. The first-order valence-electron chi connectivity index (χ1n) is 6.64. The number of aromatic nitrogens is 2. The van der Waals surface area contributed by atoms with Crippen molar-refractivity contribution in [2.75, 3.05) is 26.2 Å². The number of hydrogen-bond acceptors (Lipinski definition) is 3. The van der Waals surface area contributed by atoms with E-state index < -0.39 is 0 Å². The minimum Gasteiger partial charge on any atom is -0.337 e. The third-order valence-corrected chi connectivity index (χ3v) is 3.57. The lowest BCUT2D eigenvalue weighted by Gasteiger charge is -2.30. The lowest BCUT2D eigenvalue weighted by Crippen LogP contribution is -2.38. The second-order valence-electron chi connectivity index (χ2n) is 5.22. The van der Waals surface area contributed by atoms with Gasteiger partial charge in [-0.05, 0) is 25.3 Å². The summed E-state index contributed by atoms with van der Waals surface area (Å²) in [5.41, 5.74) is 1.25. The van der Waals surface area contributed by atoms with E-state index in [4.69, 9.17) is 0 Å². The number of piperidine rings is 1. The van der Waals surface area contributed by atoms with Gasteiger partial charge >= 0.3 is 0 Å². The van der Waals surface area contributed by atoms with Crippen molar-refractivity contribution in [3.8, 4) is 0 Å². The molecule has 96 valence electrons. The number of hydrogen-bond donors (Lipinski definition) is 1. The van der Waals surface area contributed by atoms with Gasteiger partial charge in [0.2, 0.25) is 0 Å². The van der Waals surface area contributed by atoms with E-state index in [1.165, 1.54) is 38.2 Å². The third-order valence-electron chi connectivity index (χ3n) is 3.57. The average Bonchev–Trinajstić information content (AvgIpc) is 2.71. The molecule has 1 saturated heterocycles. The maximum Gasteiger partial charge on any atom is 0.0945 e. The molecule has 1 aromatic rings. The van der Waals surface area contributed by atoms with Crippen LogP contribution in [0.5, 0.6) is 0 Å². The van der Waals surface area contributed by atoms with Crippen molar-refractivity contribution < 1.29 is 0 Å². The fourth-order valence-electron chi connectivity index (χ4n) is 2.50. The largest absolute Gasteiger partial charge is 0.337 e. The Labute approximate surface area is 104 Å². The number of imidazole rings is 1. The monoisotopic (exact) mass is 236 g/mol. The van der Waals surface area contributed by atoms with Crippen LogP contribution in [0.15, 0.2) is 12.5 Å². The van der Waals surface area contributed by atoms with Gasteiger partial charge in [0.05, 0.1) is 12.0 Å². The topological polar surface area (TPSA) is 33.1 Å². The highest BCUT2D eigenvalue weighted by molar-refractivity contribution is 4.96. The highest BCUT2D eigenvalue weighted by Crippen LogP contribution is 2.14.